The quantitative estimate of drug-likeness (QED) is 0.631. The summed E-state index contributed by atoms with van der Waals surface area (Å²) in [5.41, 5.74) is 4.98. The third kappa shape index (κ3) is 4.42. The standard InChI is InChI=1S/C24H24N4O3/c1-29-20-5-6-23-18(10-20)9-17(15-31-23)13-28-7-8-30-24(14-28)22-4-2-3-21(27-22)19-11-25-16-26-12-19/h2-6,9-12,16,24H,7-8,13-15H2,1H3/t24-/m0/s1. The summed E-state index contributed by atoms with van der Waals surface area (Å²) < 4.78 is 17.3. The van der Waals surface area contributed by atoms with Crippen LogP contribution >= 0.6 is 0 Å². The lowest BCUT2D eigenvalue weighted by atomic mass is 10.1. The molecule has 4 heterocycles. The molecule has 7 heteroatoms. The van der Waals surface area contributed by atoms with Gasteiger partial charge in [-0.1, -0.05) is 6.07 Å². The minimum atomic E-state index is -0.0733. The van der Waals surface area contributed by atoms with Crippen LogP contribution in [-0.2, 0) is 4.74 Å². The first-order valence-electron chi connectivity index (χ1n) is 10.3. The van der Waals surface area contributed by atoms with Crippen LogP contribution in [0.3, 0.4) is 0 Å². The number of benzene rings is 1. The average Bonchev–Trinajstić information content (AvgIpc) is 2.84. The zero-order valence-corrected chi connectivity index (χ0v) is 17.4. The first-order valence-corrected chi connectivity index (χ1v) is 10.3. The maximum absolute atomic E-state index is 6.06. The van der Waals surface area contributed by atoms with Crippen LogP contribution in [0.15, 0.2) is 60.7 Å². The van der Waals surface area contributed by atoms with Crippen LogP contribution in [-0.4, -0.2) is 59.8 Å². The fourth-order valence-corrected chi connectivity index (χ4v) is 3.96. The number of morpholine rings is 1. The van der Waals surface area contributed by atoms with Gasteiger partial charge in [-0.05, 0) is 42.0 Å². The second-order valence-corrected chi connectivity index (χ2v) is 7.66. The van der Waals surface area contributed by atoms with E-state index in [1.165, 1.54) is 11.9 Å². The van der Waals surface area contributed by atoms with Crippen molar-refractivity contribution in [1.82, 2.24) is 19.9 Å². The highest BCUT2D eigenvalue weighted by Gasteiger charge is 2.25. The lowest BCUT2D eigenvalue weighted by Gasteiger charge is -2.34. The van der Waals surface area contributed by atoms with Crippen LogP contribution < -0.4 is 9.47 Å². The molecule has 2 aliphatic rings. The zero-order valence-electron chi connectivity index (χ0n) is 17.4. The van der Waals surface area contributed by atoms with Crippen molar-refractivity contribution >= 4 is 6.08 Å². The molecule has 7 nitrogen and oxygen atoms in total. The van der Waals surface area contributed by atoms with Gasteiger partial charge in [0.05, 0.1) is 25.1 Å². The van der Waals surface area contributed by atoms with Gasteiger partial charge in [-0.25, -0.2) is 15.0 Å². The van der Waals surface area contributed by atoms with Crippen molar-refractivity contribution in [2.75, 3.05) is 40.0 Å². The average molecular weight is 416 g/mol. The molecule has 0 saturated carbocycles. The van der Waals surface area contributed by atoms with Gasteiger partial charge in [-0.2, -0.15) is 0 Å². The van der Waals surface area contributed by atoms with Gasteiger partial charge >= 0.3 is 0 Å². The van der Waals surface area contributed by atoms with Gasteiger partial charge in [-0.3, -0.25) is 4.90 Å². The lowest BCUT2D eigenvalue weighted by Crippen LogP contribution is -2.40. The number of ether oxygens (including phenoxy) is 3. The molecule has 158 valence electrons. The van der Waals surface area contributed by atoms with Crippen LogP contribution in [0.1, 0.15) is 17.4 Å². The summed E-state index contributed by atoms with van der Waals surface area (Å²) in [5, 5.41) is 0. The van der Waals surface area contributed by atoms with Crippen molar-refractivity contribution in [2.24, 2.45) is 0 Å². The van der Waals surface area contributed by atoms with E-state index in [-0.39, 0.29) is 6.10 Å². The van der Waals surface area contributed by atoms with Gasteiger partial charge in [-0.15, -0.1) is 0 Å². The minimum absolute atomic E-state index is 0.0733. The Morgan fingerprint density at radius 2 is 2.06 bits per heavy atom. The minimum Gasteiger partial charge on any atom is -0.497 e. The Kier molecular flexibility index (Phi) is 5.60. The van der Waals surface area contributed by atoms with Gasteiger partial charge in [0, 0.05) is 43.2 Å². The monoisotopic (exact) mass is 416 g/mol. The summed E-state index contributed by atoms with van der Waals surface area (Å²) in [6, 6.07) is 11.9. The smallest absolute Gasteiger partial charge is 0.127 e. The largest absolute Gasteiger partial charge is 0.497 e. The molecule has 0 radical (unpaired) electrons. The Labute approximate surface area is 181 Å². The first kappa shape index (κ1) is 19.7. The molecule has 0 bridgehead atoms. The number of methoxy groups -OCH3 is 1. The second-order valence-electron chi connectivity index (χ2n) is 7.66. The fourth-order valence-electron chi connectivity index (χ4n) is 3.96. The summed E-state index contributed by atoms with van der Waals surface area (Å²) in [5.74, 6) is 1.73. The normalized spacial score (nSPS) is 18.6. The lowest BCUT2D eigenvalue weighted by molar-refractivity contribution is -0.0293. The van der Waals surface area contributed by atoms with E-state index in [2.05, 4.69) is 20.9 Å². The van der Waals surface area contributed by atoms with E-state index in [4.69, 9.17) is 19.2 Å². The molecular formula is C24H24N4O3. The maximum atomic E-state index is 6.06. The van der Waals surface area contributed by atoms with Gasteiger partial charge in [0.15, 0.2) is 0 Å². The summed E-state index contributed by atoms with van der Waals surface area (Å²) in [6.07, 6.45) is 7.20. The van der Waals surface area contributed by atoms with Crippen LogP contribution in [0.4, 0.5) is 0 Å². The van der Waals surface area contributed by atoms with Gasteiger partial charge in [0.25, 0.3) is 0 Å². The number of rotatable bonds is 5. The predicted octanol–water partition coefficient (Wildman–Crippen LogP) is 3.40. The highest BCUT2D eigenvalue weighted by atomic mass is 16.5. The van der Waals surface area contributed by atoms with Crippen molar-refractivity contribution in [2.45, 2.75) is 6.10 Å². The third-order valence-electron chi connectivity index (χ3n) is 5.52. The third-order valence-corrected chi connectivity index (χ3v) is 5.52. The van der Waals surface area contributed by atoms with Gasteiger partial charge < -0.3 is 14.2 Å². The molecule has 0 amide bonds. The van der Waals surface area contributed by atoms with Crippen molar-refractivity contribution in [3.05, 3.63) is 71.9 Å². The Morgan fingerprint density at radius 1 is 1.16 bits per heavy atom. The van der Waals surface area contributed by atoms with E-state index >= 15 is 0 Å². The summed E-state index contributed by atoms with van der Waals surface area (Å²) in [7, 11) is 1.68. The number of nitrogens with zero attached hydrogens (tertiary/aromatic N) is 4. The highest BCUT2D eigenvalue weighted by molar-refractivity contribution is 5.64. The van der Waals surface area contributed by atoms with Crippen LogP contribution in [0.25, 0.3) is 17.3 Å². The molecule has 1 atom stereocenters. The van der Waals surface area contributed by atoms with Gasteiger partial charge in [0.1, 0.15) is 30.5 Å². The van der Waals surface area contributed by atoms with Crippen molar-refractivity contribution < 1.29 is 14.2 Å². The van der Waals surface area contributed by atoms with E-state index in [0.29, 0.717) is 13.2 Å². The number of aromatic nitrogens is 3. The zero-order chi connectivity index (χ0) is 21.0. The van der Waals surface area contributed by atoms with E-state index in [9.17, 15) is 0 Å². The number of fused-ring (bicyclic) bond motifs is 1. The fraction of sp³-hybridized carbons (Fsp3) is 0.292. The van der Waals surface area contributed by atoms with Crippen LogP contribution in [0.2, 0.25) is 0 Å². The number of hydrogen-bond acceptors (Lipinski definition) is 7. The SMILES string of the molecule is COc1ccc2c(c1)C=C(CN1CCO[C@H](c3cccc(-c4cncnc4)n3)C1)CO2. The van der Waals surface area contributed by atoms with E-state index in [1.54, 1.807) is 19.5 Å². The molecule has 31 heavy (non-hydrogen) atoms. The Balaban J connectivity index is 1.30. The summed E-state index contributed by atoms with van der Waals surface area (Å²) >= 11 is 0. The topological polar surface area (TPSA) is 69.6 Å². The van der Waals surface area contributed by atoms with Crippen LogP contribution in [0, 0.1) is 0 Å². The Hall–Kier alpha value is -3.29. The summed E-state index contributed by atoms with van der Waals surface area (Å²) in [4.78, 5) is 15.4. The second kappa shape index (κ2) is 8.83. The maximum Gasteiger partial charge on any atom is 0.127 e. The van der Waals surface area contributed by atoms with Crippen LogP contribution in [0.5, 0.6) is 11.5 Å². The molecule has 5 rings (SSSR count). The Morgan fingerprint density at radius 3 is 2.94 bits per heavy atom. The molecule has 0 aliphatic carbocycles. The number of hydrogen-bond donors (Lipinski definition) is 0. The molecule has 1 aromatic carbocycles. The molecule has 0 unspecified atom stereocenters. The number of pyridine rings is 1. The highest BCUT2D eigenvalue weighted by Crippen LogP contribution is 2.31. The predicted molar refractivity (Wildman–Crippen MR) is 117 cm³/mol. The molecule has 0 N–H and O–H groups in total. The molecule has 2 aliphatic heterocycles. The molecule has 3 aromatic rings. The summed E-state index contributed by atoms with van der Waals surface area (Å²) in [6.45, 7) is 3.77. The molecule has 1 saturated heterocycles. The molecule has 1 fully saturated rings. The molecule has 0 spiro atoms. The van der Waals surface area contributed by atoms with Crippen molar-refractivity contribution in [1.29, 1.82) is 0 Å². The van der Waals surface area contributed by atoms with Gasteiger partial charge in [0.2, 0.25) is 0 Å². The first-order chi connectivity index (χ1) is 15.3. The molecular weight excluding hydrogens is 392 g/mol. The van der Waals surface area contributed by atoms with E-state index in [1.807, 2.05) is 36.4 Å². The van der Waals surface area contributed by atoms with Crippen molar-refractivity contribution in [3.8, 4) is 22.8 Å². The van der Waals surface area contributed by atoms with E-state index in [0.717, 1.165) is 53.6 Å². The van der Waals surface area contributed by atoms with Crippen molar-refractivity contribution in [3.63, 3.8) is 0 Å². The van der Waals surface area contributed by atoms with E-state index < -0.39 is 0 Å². The Bertz CT molecular complexity index is 1090. The molecule has 2 aromatic heterocycles.